The van der Waals surface area contributed by atoms with Crippen molar-refractivity contribution in [1.29, 1.82) is 0 Å². The van der Waals surface area contributed by atoms with Gasteiger partial charge in [-0.1, -0.05) is 19.4 Å². The van der Waals surface area contributed by atoms with Gasteiger partial charge < -0.3 is 0 Å². The summed E-state index contributed by atoms with van der Waals surface area (Å²) in [6.07, 6.45) is 4.49. The van der Waals surface area contributed by atoms with E-state index in [-0.39, 0.29) is 0 Å². The molecule has 3 heteroatoms. The summed E-state index contributed by atoms with van der Waals surface area (Å²) in [5, 5.41) is 0. The van der Waals surface area contributed by atoms with Crippen LogP contribution in [0.2, 0.25) is 0 Å². The van der Waals surface area contributed by atoms with Gasteiger partial charge in [-0.2, -0.15) is 0 Å². The molecule has 0 atom stereocenters. The average molecular weight is 188 g/mol. The Labute approximate surface area is 82.4 Å². The van der Waals surface area contributed by atoms with Crippen LogP contribution in [0.25, 0.3) is 5.65 Å². The minimum absolute atomic E-state index is 0.629. The number of aromatic nitrogens is 2. The van der Waals surface area contributed by atoms with Crippen LogP contribution in [0.3, 0.4) is 0 Å². The van der Waals surface area contributed by atoms with Crippen LogP contribution in [0.5, 0.6) is 0 Å². The molecular formula is C11H12N2O. The summed E-state index contributed by atoms with van der Waals surface area (Å²) >= 11 is 0. The van der Waals surface area contributed by atoms with Crippen molar-refractivity contribution in [1.82, 2.24) is 9.38 Å². The number of fused-ring (bicyclic) bond motifs is 1. The Morgan fingerprint density at radius 3 is 3.07 bits per heavy atom. The number of aldehydes is 1. The van der Waals surface area contributed by atoms with Crippen LogP contribution in [-0.4, -0.2) is 15.7 Å². The zero-order chi connectivity index (χ0) is 9.97. The Morgan fingerprint density at radius 1 is 1.50 bits per heavy atom. The molecular weight excluding hydrogens is 176 g/mol. The minimum atomic E-state index is 0.629. The molecule has 0 aliphatic carbocycles. The van der Waals surface area contributed by atoms with Crippen molar-refractivity contribution in [2.75, 3.05) is 0 Å². The number of aryl methyl sites for hydroxylation is 1. The van der Waals surface area contributed by atoms with E-state index in [1.807, 2.05) is 22.6 Å². The lowest BCUT2D eigenvalue weighted by Crippen LogP contribution is -1.99. The van der Waals surface area contributed by atoms with Gasteiger partial charge in [0.1, 0.15) is 11.3 Å². The predicted molar refractivity (Wildman–Crippen MR) is 54.6 cm³/mol. The summed E-state index contributed by atoms with van der Waals surface area (Å²) in [6.45, 7) is 2.12. The minimum Gasteiger partial charge on any atom is -0.296 e. The quantitative estimate of drug-likeness (QED) is 0.691. The van der Waals surface area contributed by atoms with Crippen molar-refractivity contribution in [3.05, 3.63) is 35.8 Å². The van der Waals surface area contributed by atoms with Gasteiger partial charge in [0.2, 0.25) is 0 Å². The van der Waals surface area contributed by atoms with Crippen molar-refractivity contribution in [3.63, 3.8) is 0 Å². The first-order valence-corrected chi connectivity index (χ1v) is 4.77. The molecule has 0 amide bonds. The second-order valence-electron chi connectivity index (χ2n) is 3.26. The van der Waals surface area contributed by atoms with Crippen molar-refractivity contribution in [2.24, 2.45) is 0 Å². The normalized spacial score (nSPS) is 10.6. The molecule has 0 saturated carbocycles. The lowest BCUT2D eigenvalue weighted by atomic mass is 10.2. The van der Waals surface area contributed by atoms with Gasteiger partial charge in [-0.3, -0.25) is 9.20 Å². The van der Waals surface area contributed by atoms with Gasteiger partial charge >= 0.3 is 0 Å². The highest BCUT2D eigenvalue weighted by Gasteiger charge is 2.05. The van der Waals surface area contributed by atoms with Crippen molar-refractivity contribution >= 4 is 11.9 Å². The van der Waals surface area contributed by atoms with Gasteiger partial charge in [0, 0.05) is 5.69 Å². The summed E-state index contributed by atoms with van der Waals surface area (Å²) in [5.41, 5.74) is 2.62. The second kappa shape index (κ2) is 3.62. The molecule has 0 aliphatic heterocycles. The maximum atomic E-state index is 10.8. The first-order chi connectivity index (χ1) is 6.86. The highest BCUT2D eigenvalue weighted by Crippen LogP contribution is 2.10. The third-order valence-corrected chi connectivity index (χ3v) is 2.26. The highest BCUT2D eigenvalue weighted by atomic mass is 16.1. The van der Waals surface area contributed by atoms with E-state index in [2.05, 4.69) is 11.9 Å². The smallest absolute Gasteiger partial charge is 0.168 e. The maximum Gasteiger partial charge on any atom is 0.168 e. The molecule has 0 radical (unpaired) electrons. The Morgan fingerprint density at radius 2 is 2.36 bits per heavy atom. The Kier molecular flexibility index (Phi) is 2.31. The number of hydrogen-bond acceptors (Lipinski definition) is 2. The molecule has 0 spiro atoms. The van der Waals surface area contributed by atoms with Gasteiger partial charge in [0.15, 0.2) is 6.29 Å². The number of carbonyl (C=O) groups is 1. The van der Waals surface area contributed by atoms with Gasteiger partial charge in [-0.05, 0) is 18.6 Å². The van der Waals surface area contributed by atoms with E-state index in [0.717, 1.165) is 30.5 Å². The van der Waals surface area contributed by atoms with E-state index in [9.17, 15) is 4.79 Å². The van der Waals surface area contributed by atoms with Crippen LogP contribution in [0.4, 0.5) is 0 Å². The Hall–Kier alpha value is -1.64. The topological polar surface area (TPSA) is 34.4 Å². The number of nitrogens with zero attached hydrogens (tertiary/aromatic N) is 2. The molecule has 0 aliphatic rings. The fourth-order valence-electron chi connectivity index (χ4n) is 1.66. The van der Waals surface area contributed by atoms with Crippen LogP contribution in [0.1, 0.15) is 29.5 Å². The second-order valence-corrected chi connectivity index (χ2v) is 3.26. The van der Waals surface area contributed by atoms with E-state index >= 15 is 0 Å². The van der Waals surface area contributed by atoms with Crippen LogP contribution in [0, 0.1) is 0 Å². The molecule has 14 heavy (non-hydrogen) atoms. The highest BCUT2D eigenvalue weighted by molar-refractivity contribution is 5.74. The van der Waals surface area contributed by atoms with Crippen LogP contribution < -0.4 is 0 Å². The Bertz CT molecular complexity index is 459. The largest absolute Gasteiger partial charge is 0.296 e. The van der Waals surface area contributed by atoms with Crippen molar-refractivity contribution in [2.45, 2.75) is 19.8 Å². The number of rotatable bonds is 3. The van der Waals surface area contributed by atoms with E-state index < -0.39 is 0 Å². The van der Waals surface area contributed by atoms with Gasteiger partial charge in [-0.25, -0.2) is 4.98 Å². The summed E-state index contributed by atoms with van der Waals surface area (Å²) in [6, 6.07) is 5.92. The molecule has 0 saturated heterocycles. The molecule has 3 nitrogen and oxygen atoms in total. The molecule has 72 valence electrons. The van der Waals surface area contributed by atoms with E-state index in [1.54, 1.807) is 6.20 Å². The molecule has 2 aromatic heterocycles. The van der Waals surface area contributed by atoms with Crippen LogP contribution in [-0.2, 0) is 6.42 Å². The molecule has 2 heterocycles. The summed E-state index contributed by atoms with van der Waals surface area (Å²) in [5.74, 6) is 0. The zero-order valence-corrected chi connectivity index (χ0v) is 8.10. The molecule has 0 bridgehead atoms. The fraction of sp³-hybridized carbons (Fsp3) is 0.273. The number of carbonyl (C=O) groups excluding carboxylic acids is 1. The summed E-state index contributed by atoms with van der Waals surface area (Å²) < 4.78 is 1.91. The van der Waals surface area contributed by atoms with Crippen LogP contribution >= 0.6 is 0 Å². The molecule has 0 fully saturated rings. The van der Waals surface area contributed by atoms with E-state index in [1.165, 1.54) is 0 Å². The lowest BCUT2D eigenvalue weighted by molar-refractivity contribution is 0.111. The maximum absolute atomic E-state index is 10.8. The van der Waals surface area contributed by atoms with Crippen LogP contribution in [0.15, 0.2) is 24.4 Å². The van der Waals surface area contributed by atoms with E-state index in [0.29, 0.717) is 5.69 Å². The Balaban J connectivity index is 2.68. The summed E-state index contributed by atoms with van der Waals surface area (Å²) in [4.78, 5) is 14.9. The zero-order valence-electron chi connectivity index (χ0n) is 8.10. The van der Waals surface area contributed by atoms with Crippen molar-refractivity contribution in [3.8, 4) is 0 Å². The lowest BCUT2D eigenvalue weighted by Gasteiger charge is -2.04. The third kappa shape index (κ3) is 1.31. The average Bonchev–Trinajstić information content (AvgIpc) is 2.62. The van der Waals surface area contributed by atoms with Gasteiger partial charge in [-0.15, -0.1) is 0 Å². The molecule has 0 N–H and O–H groups in total. The molecule has 2 rings (SSSR count). The third-order valence-electron chi connectivity index (χ3n) is 2.26. The predicted octanol–water partition coefficient (Wildman–Crippen LogP) is 2.10. The molecule has 2 aromatic rings. The SMILES string of the molecule is CCCc1cccc2ncc(C=O)n12. The first-order valence-electron chi connectivity index (χ1n) is 4.77. The van der Waals surface area contributed by atoms with E-state index in [4.69, 9.17) is 0 Å². The molecule has 0 aromatic carbocycles. The van der Waals surface area contributed by atoms with Gasteiger partial charge in [0.05, 0.1) is 6.20 Å². The fourth-order valence-corrected chi connectivity index (χ4v) is 1.66. The molecule has 0 unspecified atom stereocenters. The number of pyridine rings is 1. The monoisotopic (exact) mass is 188 g/mol. The van der Waals surface area contributed by atoms with Crippen molar-refractivity contribution < 1.29 is 4.79 Å². The first kappa shape index (κ1) is 8.94. The summed E-state index contributed by atoms with van der Waals surface area (Å²) in [7, 11) is 0. The number of hydrogen-bond donors (Lipinski definition) is 0. The van der Waals surface area contributed by atoms with Gasteiger partial charge in [0.25, 0.3) is 0 Å². The standard InChI is InChI=1S/C11H12N2O/c1-2-4-9-5-3-6-11-12-7-10(8-14)13(9)11/h3,5-8H,2,4H2,1H3. The number of imidazole rings is 1.